The van der Waals surface area contributed by atoms with E-state index in [0.29, 0.717) is 12.6 Å². The Kier molecular flexibility index (Phi) is 5.40. The number of nitrogens with zero attached hydrogens (tertiary/aromatic N) is 2. The molecule has 2 N–H and O–H groups in total. The standard InChI is InChI=1S/C14H24N4O2/c1-3-12-13(10-18(2)17-12)16-14(19)15-8-7-11-6-4-5-9-20-11/h10-11H,3-9H2,1-2H3,(H2,15,16,19)/t11-/m0/s1. The topological polar surface area (TPSA) is 68.2 Å². The molecule has 1 aliphatic heterocycles. The van der Waals surface area contributed by atoms with Crippen LogP contribution in [0.3, 0.4) is 0 Å². The lowest BCUT2D eigenvalue weighted by Crippen LogP contribution is -2.32. The van der Waals surface area contributed by atoms with Gasteiger partial charge >= 0.3 is 6.03 Å². The van der Waals surface area contributed by atoms with Crippen molar-refractivity contribution >= 4 is 11.7 Å². The second-order valence-corrected chi connectivity index (χ2v) is 5.17. The van der Waals surface area contributed by atoms with E-state index < -0.39 is 0 Å². The molecular weight excluding hydrogens is 256 g/mol. The zero-order valence-corrected chi connectivity index (χ0v) is 12.3. The van der Waals surface area contributed by atoms with Crippen molar-refractivity contribution in [1.29, 1.82) is 0 Å². The van der Waals surface area contributed by atoms with Crippen molar-refractivity contribution in [3.63, 3.8) is 0 Å². The average Bonchev–Trinajstić information content (AvgIpc) is 2.80. The molecule has 1 aromatic heterocycles. The number of ether oxygens (including phenoxy) is 1. The van der Waals surface area contributed by atoms with Crippen LogP contribution in [-0.4, -0.2) is 35.1 Å². The van der Waals surface area contributed by atoms with Crippen LogP contribution >= 0.6 is 0 Å². The first-order chi connectivity index (χ1) is 9.69. The van der Waals surface area contributed by atoms with Gasteiger partial charge in [0.1, 0.15) is 0 Å². The van der Waals surface area contributed by atoms with Gasteiger partial charge < -0.3 is 15.4 Å². The van der Waals surface area contributed by atoms with Crippen molar-refractivity contribution in [3.8, 4) is 0 Å². The molecule has 0 saturated carbocycles. The molecule has 112 valence electrons. The molecule has 6 heteroatoms. The van der Waals surface area contributed by atoms with E-state index in [2.05, 4.69) is 15.7 Å². The van der Waals surface area contributed by atoms with Gasteiger partial charge in [-0.1, -0.05) is 6.92 Å². The van der Waals surface area contributed by atoms with Gasteiger partial charge in [0.15, 0.2) is 0 Å². The fourth-order valence-electron chi connectivity index (χ4n) is 2.45. The lowest BCUT2D eigenvalue weighted by molar-refractivity contribution is 0.0120. The normalized spacial score (nSPS) is 18.8. The number of carbonyl (C=O) groups excluding carboxylic acids is 1. The van der Waals surface area contributed by atoms with Crippen LogP contribution in [0.4, 0.5) is 10.5 Å². The number of nitrogens with one attached hydrogen (secondary N) is 2. The molecule has 1 atom stereocenters. The van der Waals surface area contributed by atoms with Gasteiger partial charge in [0.05, 0.1) is 17.5 Å². The van der Waals surface area contributed by atoms with Crippen molar-refractivity contribution in [3.05, 3.63) is 11.9 Å². The molecular formula is C14H24N4O2. The fraction of sp³-hybridized carbons (Fsp3) is 0.714. The highest BCUT2D eigenvalue weighted by atomic mass is 16.5. The predicted molar refractivity (Wildman–Crippen MR) is 77.8 cm³/mol. The van der Waals surface area contributed by atoms with Crippen molar-refractivity contribution < 1.29 is 9.53 Å². The minimum atomic E-state index is -0.177. The minimum Gasteiger partial charge on any atom is -0.378 e. The van der Waals surface area contributed by atoms with Crippen LogP contribution < -0.4 is 10.6 Å². The zero-order chi connectivity index (χ0) is 14.4. The Morgan fingerprint density at radius 3 is 3.10 bits per heavy atom. The third-order valence-electron chi connectivity index (χ3n) is 3.51. The Morgan fingerprint density at radius 1 is 1.55 bits per heavy atom. The van der Waals surface area contributed by atoms with Crippen LogP contribution in [0, 0.1) is 0 Å². The van der Waals surface area contributed by atoms with Gasteiger partial charge in [0.2, 0.25) is 0 Å². The molecule has 0 aromatic carbocycles. The monoisotopic (exact) mass is 280 g/mol. The van der Waals surface area contributed by atoms with Gasteiger partial charge in [-0.25, -0.2) is 4.79 Å². The Labute approximate surface area is 119 Å². The number of hydrogen-bond donors (Lipinski definition) is 2. The van der Waals surface area contributed by atoms with Crippen molar-refractivity contribution in [1.82, 2.24) is 15.1 Å². The first-order valence-corrected chi connectivity index (χ1v) is 7.38. The summed E-state index contributed by atoms with van der Waals surface area (Å²) in [5.74, 6) is 0. The molecule has 2 heterocycles. The molecule has 0 bridgehead atoms. The van der Waals surface area contributed by atoms with E-state index in [-0.39, 0.29) is 6.03 Å². The van der Waals surface area contributed by atoms with E-state index in [9.17, 15) is 4.79 Å². The summed E-state index contributed by atoms with van der Waals surface area (Å²) in [5, 5.41) is 10.0. The summed E-state index contributed by atoms with van der Waals surface area (Å²) in [6.45, 7) is 3.51. The van der Waals surface area contributed by atoms with E-state index >= 15 is 0 Å². The Balaban J connectivity index is 1.71. The number of hydrogen-bond acceptors (Lipinski definition) is 3. The van der Waals surface area contributed by atoms with Crippen LogP contribution in [0.2, 0.25) is 0 Å². The van der Waals surface area contributed by atoms with Gasteiger partial charge in [0.25, 0.3) is 0 Å². The number of amides is 2. The molecule has 1 fully saturated rings. The summed E-state index contributed by atoms with van der Waals surface area (Å²) >= 11 is 0. The van der Waals surface area contributed by atoms with E-state index in [0.717, 1.165) is 43.7 Å². The van der Waals surface area contributed by atoms with Crippen LogP contribution in [-0.2, 0) is 18.2 Å². The van der Waals surface area contributed by atoms with Crippen LogP contribution in [0.25, 0.3) is 0 Å². The number of carbonyl (C=O) groups is 1. The third kappa shape index (κ3) is 4.23. The zero-order valence-electron chi connectivity index (χ0n) is 12.3. The molecule has 0 radical (unpaired) electrons. The van der Waals surface area contributed by atoms with Gasteiger partial charge in [-0.15, -0.1) is 0 Å². The second kappa shape index (κ2) is 7.28. The number of aryl methyl sites for hydroxylation is 2. The number of anilines is 1. The SMILES string of the molecule is CCc1nn(C)cc1NC(=O)NCC[C@@H]1CCCCO1. The second-order valence-electron chi connectivity index (χ2n) is 5.17. The Morgan fingerprint density at radius 2 is 2.40 bits per heavy atom. The molecule has 0 unspecified atom stereocenters. The maximum absolute atomic E-state index is 11.8. The summed E-state index contributed by atoms with van der Waals surface area (Å²) in [5.41, 5.74) is 1.68. The molecule has 0 spiro atoms. The van der Waals surface area contributed by atoms with E-state index in [4.69, 9.17) is 4.74 Å². The molecule has 1 aliphatic rings. The molecule has 20 heavy (non-hydrogen) atoms. The van der Waals surface area contributed by atoms with Crippen LogP contribution in [0.15, 0.2) is 6.20 Å². The van der Waals surface area contributed by atoms with E-state index in [1.54, 1.807) is 4.68 Å². The molecule has 6 nitrogen and oxygen atoms in total. The Hall–Kier alpha value is -1.56. The predicted octanol–water partition coefficient (Wildman–Crippen LogP) is 2.06. The third-order valence-corrected chi connectivity index (χ3v) is 3.51. The highest BCUT2D eigenvalue weighted by Gasteiger charge is 2.14. The Bertz CT molecular complexity index is 438. The molecule has 2 rings (SSSR count). The average molecular weight is 280 g/mol. The quantitative estimate of drug-likeness (QED) is 0.867. The van der Waals surface area contributed by atoms with Crippen molar-refractivity contribution in [2.24, 2.45) is 7.05 Å². The van der Waals surface area contributed by atoms with Crippen molar-refractivity contribution in [2.45, 2.75) is 45.1 Å². The number of aromatic nitrogens is 2. The van der Waals surface area contributed by atoms with Gasteiger partial charge in [-0.3, -0.25) is 4.68 Å². The van der Waals surface area contributed by atoms with Gasteiger partial charge in [-0.05, 0) is 32.1 Å². The summed E-state index contributed by atoms with van der Waals surface area (Å²) in [7, 11) is 1.85. The molecule has 1 saturated heterocycles. The maximum Gasteiger partial charge on any atom is 0.319 e. The lowest BCUT2D eigenvalue weighted by Gasteiger charge is -2.22. The van der Waals surface area contributed by atoms with E-state index in [1.807, 2.05) is 20.2 Å². The van der Waals surface area contributed by atoms with Gasteiger partial charge in [-0.2, -0.15) is 5.10 Å². The van der Waals surface area contributed by atoms with Crippen LogP contribution in [0.1, 0.15) is 38.3 Å². The van der Waals surface area contributed by atoms with E-state index in [1.165, 1.54) is 6.42 Å². The largest absolute Gasteiger partial charge is 0.378 e. The smallest absolute Gasteiger partial charge is 0.319 e. The minimum absolute atomic E-state index is 0.177. The summed E-state index contributed by atoms with van der Waals surface area (Å²) < 4.78 is 7.35. The first kappa shape index (κ1) is 14.8. The molecule has 0 aliphatic carbocycles. The molecule has 2 amide bonds. The highest BCUT2D eigenvalue weighted by Crippen LogP contribution is 2.15. The van der Waals surface area contributed by atoms with Crippen LogP contribution in [0.5, 0.6) is 0 Å². The number of urea groups is 1. The van der Waals surface area contributed by atoms with Gasteiger partial charge in [0, 0.05) is 26.4 Å². The lowest BCUT2D eigenvalue weighted by atomic mass is 10.1. The van der Waals surface area contributed by atoms with Crippen molar-refractivity contribution in [2.75, 3.05) is 18.5 Å². The summed E-state index contributed by atoms with van der Waals surface area (Å²) in [4.78, 5) is 11.8. The summed E-state index contributed by atoms with van der Waals surface area (Å²) in [6.07, 6.45) is 7.29. The first-order valence-electron chi connectivity index (χ1n) is 7.38. The molecule has 1 aromatic rings. The highest BCUT2D eigenvalue weighted by molar-refractivity contribution is 5.89. The fourth-order valence-corrected chi connectivity index (χ4v) is 2.45. The summed E-state index contributed by atoms with van der Waals surface area (Å²) in [6, 6.07) is -0.177. The maximum atomic E-state index is 11.8. The number of rotatable bonds is 5.